The highest BCUT2D eigenvalue weighted by Crippen LogP contribution is 2.37. The first-order chi connectivity index (χ1) is 12.2. The number of rotatable bonds is 11. The minimum Gasteiger partial charge on any atom is -0.378 e. The molecule has 0 saturated heterocycles. The van der Waals surface area contributed by atoms with Crippen molar-refractivity contribution in [3.05, 3.63) is 21.9 Å². The van der Waals surface area contributed by atoms with Gasteiger partial charge in [0.25, 0.3) is 0 Å². The lowest BCUT2D eigenvalue weighted by atomic mass is 9.98. The average Bonchev–Trinajstić information content (AvgIpc) is 3.04. The van der Waals surface area contributed by atoms with E-state index in [2.05, 4.69) is 16.7 Å². The number of aryl methyl sites for hydroxylation is 2. The van der Waals surface area contributed by atoms with Gasteiger partial charge in [0.2, 0.25) is 0 Å². The molecule has 0 amide bonds. The van der Waals surface area contributed by atoms with Gasteiger partial charge in [-0.3, -0.25) is 4.52 Å². The molecule has 0 radical (unpaired) electrons. The molecule has 0 spiro atoms. The third-order valence-electron chi connectivity index (χ3n) is 4.70. The molecule has 0 aromatic carbocycles. The first-order valence-corrected chi connectivity index (χ1v) is 11.8. The molecule has 6 nitrogen and oxygen atoms in total. The fraction of sp³-hybridized carbons (Fsp3) is 0.778. The third-order valence-corrected chi connectivity index (χ3v) is 6.37. The van der Waals surface area contributed by atoms with E-state index in [9.17, 15) is 4.57 Å². The zero-order valence-electron chi connectivity index (χ0n) is 15.6. The van der Waals surface area contributed by atoms with E-state index >= 15 is 0 Å². The van der Waals surface area contributed by atoms with Crippen LogP contribution in [0.2, 0.25) is 0 Å². The lowest BCUT2D eigenvalue weighted by Gasteiger charge is -2.24. The summed E-state index contributed by atoms with van der Waals surface area (Å²) in [4.78, 5) is 20.1. The Kier molecular flexibility index (Phi) is 8.74. The highest BCUT2D eigenvalue weighted by molar-refractivity contribution is 7.46. The van der Waals surface area contributed by atoms with Gasteiger partial charge >= 0.3 is 7.82 Å². The molecule has 1 atom stereocenters. The molecule has 1 aromatic rings. The molecular weight excluding hydrogens is 373 g/mol. The summed E-state index contributed by atoms with van der Waals surface area (Å²) in [7, 11) is -4.47. The molecule has 4 N–H and O–H groups in total. The van der Waals surface area contributed by atoms with Crippen molar-refractivity contribution in [2.75, 3.05) is 13.2 Å². The smallest absolute Gasteiger partial charge is 0.378 e. The molecular formula is C18H32NO5PS. The molecule has 1 heterocycles. The van der Waals surface area contributed by atoms with E-state index in [1.807, 2.05) is 0 Å². The van der Waals surface area contributed by atoms with Crippen LogP contribution in [-0.2, 0) is 26.7 Å². The Morgan fingerprint density at radius 1 is 1.23 bits per heavy atom. The van der Waals surface area contributed by atoms with Gasteiger partial charge in [0.05, 0.1) is 12.7 Å². The van der Waals surface area contributed by atoms with Crippen molar-refractivity contribution in [1.82, 2.24) is 0 Å². The van der Waals surface area contributed by atoms with E-state index in [0.717, 1.165) is 25.9 Å². The summed E-state index contributed by atoms with van der Waals surface area (Å²) in [6, 6.07) is 4.27. The SMILES string of the molecule is CC(N)(CCc1ccc(CCCOC2CCCCC2)s1)COP(=O)(O)O. The van der Waals surface area contributed by atoms with Crippen LogP contribution in [0.3, 0.4) is 0 Å². The van der Waals surface area contributed by atoms with E-state index in [1.54, 1.807) is 18.3 Å². The van der Waals surface area contributed by atoms with Crippen LogP contribution >= 0.6 is 19.2 Å². The first kappa shape index (κ1) is 22.0. The van der Waals surface area contributed by atoms with Crippen molar-refractivity contribution in [3.63, 3.8) is 0 Å². The van der Waals surface area contributed by atoms with E-state index in [1.165, 1.54) is 41.9 Å². The Balaban J connectivity index is 1.64. The van der Waals surface area contributed by atoms with Crippen molar-refractivity contribution >= 4 is 19.2 Å². The van der Waals surface area contributed by atoms with Gasteiger partial charge in [0.1, 0.15) is 0 Å². The molecule has 1 unspecified atom stereocenters. The average molecular weight is 405 g/mol. The summed E-state index contributed by atoms with van der Waals surface area (Å²) in [6.07, 6.45) is 10.3. The van der Waals surface area contributed by atoms with Crippen molar-refractivity contribution in [3.8, 4) is 0 Å². The van der Waals surface area contributed by atoms with Crippen molar-refractivity contribution in [2.45, 2.75) is 76.4 Å². The Morgan fingerprint density at radius 2 is 1.88 bits per heavy atom. The molecule has 0 bridgehead atoms. The third kappa shape index (κ3) is 9.09. The van der Waals surface area contributed by atoms with Gasteiger partial charge < -0.3 is 20.3 Å². The standard InChI is InChI=1S/C18H32NO5PS/c1-18(19,14-24-25(20,21)22)12-11-17-10-9-16(26-17)8-5-13-23-15-6-3-2-4-7-15/h9-10,15H,2-8,11-14,19H2,1H3,(H2,20,21,22). The predicted octanol–water partition coefficient (Wildman–Crippen LogP) is 3.79. The Bertz CT molecular complexity index is 580. The van der Waals surface area contributed by atoms with Crippen LogP contribution in [0.4, 0.5) is 0 Å². The first-order valence-electron chi connectivity index (χ1n) is 9.42. The van der Waals surface area contributed by atoms with Crippen LogP contribution in [-0.4, -0.2) is 34.6 Å². The Morgan fingerprint density at radius 3 is 2.54 bits per heavy atom. The Labute approximate surface area is 160 Å². The van der Waals surface area contributed by atoms with Gasteiger partial charge in [0.15, 0.2) is 0 Å². The number of hydrogen-bond acceptors (Lipinski definition) is 5. The monoisotopic (exact) mass is 405 g/mol. The highest BCUT2D eigenvalue weighted by Gasteiger charge is 2.24. The minimum absolute atomic E-state index is 0.159. The molecule has 26 heavy (non-hydrogen) atoms. The second-order valence-corrected chi connectivity index (χ2v) is 10.0. The van der Waals surface area contributed by atoms with Crippen LogP contribution < -0.4 is 5.73 Å². The van der Waals surface area contributed by atoms with Crippen LogP contribution in [0.1, 0.15) is 61.6 Å². The molecule has 2 rings (SSSR count). The van der Waals surface area contributed by atoms with Gasteiger partial charge in [-0.2, -0.15) is 0 Å². The van der Waals surface area contributed by atoms with E-state index < -0.39 is 13.4 Å². The molecule has 1 saturated carbocycles. The van der Waals surface area contributed by atoms with E-state index in [4.69, 9.17) is 20.3 Å². The molecule has 150 valence electrons. The van der Waals surface area contributed by atoms with Gasteiger partial charge in [-0.15, -0.1) is 11.3 Å². The molecule has 1 fully saturated rings. The second-order valence-electron chi connectivity index (χ2n) is 7.52. The summed E-state index contributed by atoms with van der Waals surface area (Å²) in [5, 5.41) is 0. The van der Waals surface area contributed by atoms with Crippen molar-refractivity contribution in [1.29, 1.82) is 0 Å². The summed E-state index contributed by atoms with van der Waals surface area (Å²) in [5.41, 5.74) is 5.30. The maximum atomic E-state index is 10.8. The lowest BCUT2D eigenvalue weighted by molar-refractivity contribution is 0.0273. The summed E-state index contributed by atoms with van der Waals surface area (Å²) < 4.78 is 21.3. The maximum Gasteiger partial charge on any atom is 0.469 e. The zero-order chi connectivity index (χ0) is 19.0. The van der Waals surface area contributed by atoms with E-state index in [-0.39, 0.29) is 6.61 Å². The normalized spacial score (nSPS) is 18.8. The Hall–Kier alpha value is -0.270. The number of ether oxygens (including phenoxy) is 1. The molecule has 0 aliphatic heterocycles. The minimum atomic E-state index is -4.47. The second kappa shape index (κ2) is 10.3. The molecule has 1 aliphatic rings. The molecule has 8 heteroatoms. The quantitative estimate of drug-likeness (QED) is 0.382. The van der Waals surface area contributed by atoms with Crippen LogP contribution in [0.5, 0.6) is 0 Å². The van der Waals surface area contributed by atoms with Gasteiger partial charge in [0, 0.05) is 21.9 Å². The summed E-state index contributed by atoms with van der Waals surface area (Å²) >= 11 is 1.78. The van der Waals surface area contributed by atoms with Gasteiger partial charge in [-0.1, -0.05) is 19.3 Å². The summed E-state index contributed by atoms with van der Waals surface area (Å²) in [5.74, 6) is 0. The number of hydrogen-bond donors (Lipinski definition) is 3. The fourth-order valence-electron chi connectivity index (χ4n) is 3.13. The molecule has 1 aliphatic carbocycles. The number of phosphoric ester groups is 1. The number of thiophene rings is 1. The van der Waals surface area contributed by atoms with Crippen molar-refractivity contribution < 1.29 is 23.6 Å². The lowest BCUT2D eigenvalue weighted by Crippen LogP contribution is -2.41. The summed E-state index contributed by atoms with van der Waals surface area (Å²) in [6.45, 7) is 2.42. The molecule has 1 aromatic heterocycles. The predicted molar refractivity (Wildman–Crippen MR) is 104 cm³/mol. The largest absolute Gasteiger partial charge is 0.469 e. The fourth-order valence-corrected chi connectivity index (χ4v) is 4.65. The van der Waals surface area contributed by atoms with Crippen LogP contribution in [0.25, 0.3) is 0 Å². The highest BCUT2D eigenvalue weighted by atomic mass is 32.1. The zero-order valence-corrected chi connectivity index (χ0v) is 17.3. The van der Waals surface area contributed by atoms with Gasteiger partial charge in [-0.25, -0.2) is 4.57 Å². The van der Waals surface area contributed by atoms with Crippen molar-refractivity contribution in [2.24, 2.45) is 5.73 Å². The van der Waals surface area contributed by atoms with Crippen LogP contribution in [0, 0.1) is 0 Å². The van der Waals surface area contributed by atoms with E-state index in [0.29, 0.717) is 12.5 Å². The topological polar surface area (TPSA) is 102 Å². The number of nitrogens with two attached hydrogens (primary N) is 1. The van der Waals surface area contributed by atoms with Crippen LogP contribution in [0.15, 0.2) is 12.1 Å². The maximum absolute atomic E-state index is 10.8. The van der Waals surface area contributed by atoms with Gasteiger partial charge in [-0.05, 0) is 57.6 Å². The number of phosphoric acid groups is 1.